The Hall–Kier alpha value is -4.20. The third-order valence-electron chi connectivity index (χ3n) is 7.81. The van der Waals surface area contributed by atoms with Crippen molar-refractivity contribution in [3.8, 4) is 0 Å². The van der Waals surface area contributed by atoms with E-state index < -0.39 is 12.0 Å². The second-order valence-electron chi connectivity index (χ2n) is 11.0. The monoisotopic (exact) mass is 609 g/mol. The Morgan fingerprint density at radius 3 is 2.49 bits per heavy atom. The molecule has 0 saturated heterocycles. The van der Waals surface area contributed by atoms with E-state index in [4.69, 9.17) is 21.3 Å². The number of hydrogen-bond donors (Lipinski definition) is 0. The number of hydrogen-bond acceptors (Lipinski definition) is 5. The summed E-state index contributed by atoms with van der Waals surface area (Å²) in [6.45, 7) is 8.76. The molecule has 1 atom stereocenters. The lowest BCUT2D eigenvalue weighted by Gasteiger charge is -2.25. The average Bonchev–Trinajstić information content (AvgIpc) is 3.49. The molecule has 0 unspecified atom stereocenters. The van der Waals surface area contributed by atoms with Crippen molar-refractivity contribution in [3.05, 3.63) is 137 Å². The number of halogens is 1. The van der Waals surface area contributed by atoms with Gasteiger partial charge in [-0.3, -0.25) is 9.36 Å². The summed E-state index contributed by atoms with van der Waals surface area (Å²) >= 11 is 7.44. The largest absolute Gasteiger partial charge is 0.463 e. The molecule has 0 radical (unpaired) electrons. The van der Waals surface area contributed by atoms with E-state index in [1.807, 2.05) is 61.5 Å². The first kappa shape index (κ1) is 28.9. The van der Waals surface area contributed by atoms with Crippen molar-refractivity contribution in [2.24, 2.45) is 4.99 Å². The molecule has 0 spiro atoms. The summed E-state index contributed by atoms with van der Waals surface area (Å²) in [7, 11) is 0. The van der Waals surface area contributed by atoms with Crippen LogP contribution in [0.5, 0.6) is 0 Å². The number of para-hydroxylation sites is 1. The van der Waals surface area contributed by atoms with Gasteiger partial charge in [-0.05, 0) is 60.7 Å². The van der Waals surface area contributed by atoms with Crippen LogP contribution >= 0.6 is 22.9 Å². The van der Waals surface area contributed by atoms with E-state index in [1.54, 1.807) is 11.5 Å². The maximum absolute atomic E-state index is 14.2. The maximum Gasteiger partial charge on any atom is 0.338 e. The zero-order chi connectivity index (χ0) is 30.2. The van der Waals surface area contributed by atoms with Crippen molar-refractivity contribution < 1.29 is 9.53 Å². The highest BCUT2D eigenvalue weighted by atomic mass is 35.5. The summed E-state index contributed by atoms with van der Waals surface area (Å²) in [6, 6.07) is 23.5. The van der Waals surface area contributed by atoms with Crippen molar-refractivity contribution in [3.63, 3.8) is 0 Å². The summed E-state index contributed by atoms with van der Waals surface area (Å²) in [5, 5.41) is 1.75. The number of rotatable bonds is 7. The molecule has 0 N–H and O–H groups in total. The molecule has 5 aromatic rings. The number of carbonyl (C=O) groups is 1. The Balaban J connectivity index is 1.50. The molecule has 1 aliphatic heterocycles. The molecule has 0 aliphatic carbocycles. The topological polar surface area (TPSA) is 65.6 Å². The number of ether oxygens (including phenoxy) is 1. The first-order valence-electron chi connectivity index (χ1n) is 14.4. The van der Waals surface area contributed by atoms with Crippen LogP contribution in [0.25, 0.3) is 17.0 Å². The smallest absolute Gasteiger partial charge is 0.338 e. The molecule has 0 bridgehead atoms. The van der Waals surface area contributed by atoms with Gasteiger partial charge in [0.15, 0.2) is 4.80 Å². The molecule has 43 heavy (non-hydrogen) atoms. The number of nitrogens with zero attached hydrogens (tertiary/aromatic N) is 3. The Kier molecular flexibility index (Phi) is 7.95. The number of carbonyl (C=O) groups excluding carboxylic acids is 1. The van der Waals surface area contributed by atoms with Crippen LogP contribution in [0.3, 0.4) is 0 Å². The van der Waals surface area contributed by atoms with Crippen molar-refractivity contribution >= 4 is 45.9 Å². The molecule has 2 aromatic heterocycles. The first-order chi connectivity index (χ1) is 20.7. The van der Waals surface area contributed by atoms with E-state index in [2.05, 4.69) is 48.9 Å². The third-order valence-corrected chi connectivity index (χ3v) is 9.04. The van der Waals surface area contributed by atoms with Gasteiger partial charge in [0.1, 0.15) is 0 Å². The molecule has 0 saturated carbocycles. The first-order valence-corrected chi connectivity index (χ1v) is 15.6. The third kappa shape index (κ3) is 5.51. The van der Waals surface area contributed by atoms with Crippen LogP contribution < -0.4 is 14.9 Å². The second-order valence-corrected chi connectivity index (χ2v) is 12.4. The zero-order valence-corrected chi connectivity index (χ0v) is 26.1. The summed E-state index contributed by atoms with van der Waals surface area (Å²) in [4.78, 5) is 32.7. The standard InChI is InChI=1S/C35H32ClN3O3S/c1-5-42-34(41)31-22(4)37-35-39(32(31)25-14-12-24(13-15-25)21(2)3)33(40)30(43-35)18-26-20-38(29-9-7-6-8-28(26)29)19-23-10-16-27(36)17-11-23/h6-18,20-21,32H,5,19H2,1-4H3/b30-18+/t32-/m0/s1. The van der Waals surface area contributed by atoms with E-state index in [9.17, 15) is 9.59 Å². The van der Waals surface area contributed by atoms with Crippen LogP contribution in [0, 0.1) is 0 Å². The van der Waals surface area contributed by atoms with Gasteiger partial charge in [-0.25, -0.2) is 9.79 Å². The highest BCUT2D eigenvalue weighted by molar-refractivity contribution is 7.07. The van der Waals surface area contributed by atoms with Crippen molar-refractivity contribution in [2.75, 3.05) is 6.61 Å². The predicted molar refractivity (Wildman–Crippen MR) is 173 cm³/mol. The molecule has 6 nitrogen and oxygen atoms in total. The minimum atomic E-state index is -0.634. The molecule has 1 aliphatic rings. The van der Waals surface area contributed by atoms with Gasteiger partial charge < -0.3 is 9.30 Å². The van der Waals surface area contributed by atoms with Crippen molar-refractivity contribution in [2.45, 2.75) is 46.2 Å². The van der Waals surface area contributed by atoms with Gasteiger partial charge in [-0.1, -0.05) is 91.4 Å². The van der Waals surface area contributed by atoms with Gasteiger partial charge in [0.25, 0.3) is 5.56 Å². The summed E-state index contributed by atoms with van der Waals surface area (Å²) in [6.07, 6.45) is 4.02. The maximum atomic E-state index is 14.2. The molecule has 0 amide bonds. The summed E-state index contributed by atoms with van der Waals surface area (Å²) in [5.74, 6) is -0.0964. The van der Waals surface area contributed by atoms with Crippen molar-refractivity contribution in [1.29, 1.82) is 0 Å². The number of allylic oxidation sites excluding steroid dienone is 1. The van der Waals surface area contributed by atoms with E-state index in [-0.39, 0.29) is 12.2 Å². The van der Waals surface area contributed by atoms with Gasteiger partial charge >= 0.3 is 5.97 Å². The van der Waals surface area contributed by atoms with Gasteiger partial charge in [0, 0.05) is 34.2 Å². The Morgan fingerprint density at radius 2 is 1.79 bits per heavy atom. The van der Waals surface area contributed by atoms with Crippen LogP contribution in [0.4, 0.5) is 0 Å². The van der Waals surface area contributed by atoms with E-state index in [1.165, 1.54) is 16.9 Å². The zero-order valence-electron chi connectivity index (χ0n) is 24.5. The number of esters is 1. The van der Waals surface area contributed by atoms with E-state index in [0.29, 0.717) is 38.1 Å². The molecule has 0 fully saturated rings. The van der Waals surface area contributed by atoms with Crippen LogP contribution in [0.1, 0.15) is 61.9 Å². The highest BCUT2D eigenvalue weighted by Crippen LogP contribution is 2.32. The number of fused-ring (bicyclic) bond motifs is 2. The highest BCUT2D eigenvalue weighted by Gasteiger charge is 2.33. The SMILES string of the molecule is CCOC(=O)C1=C(C)N=c2s/c(=C/c3cn(Cc4ccc(Cl)cc4)c4ccccc34)c(=O)n2[C@H]1c1ccc(C(C)C)cc1. The lowest BCUT2D eigenvalue weighted by atomic mass is 9.93. The second kappa shape index (κ2) is 11.8. The normalized spacial score (nSPS) is 15.2. The van der Waals surface area contributed by atoms with Crippen LogP contribution in [-0.4, -0.2) is 21.7 Å². The number of benzene rings is 3. The van der Waals surface area contributed by atoms with Crippen molar-refractivity contribution in [1.82, 2.24) is 9.13 Å². The Labute approximate surface area is 258 Å². The lowest BCUT2D eigenvalue weighted by Crippen LogP contribution is -2.39. The van der Waals surface area contributed by atoms with Gasteiger partial charge in [-0.15, -0.1) is 0 Å². The minimum Gasteiger partial charge on any atom is -0.463 e. The lowest BCUT2D eigenvalue weighted by molar-refractivity contribution is -0.139. The fourth-order valence-corrected chi connectivity index (χ4v) is 6.78. The fraction of sp³-hybridized carbons (Fsp3) is 0.229. The van der Waals surface area contributed by atoms with Crippen LogP contribution in [-0.2, 0) is 16.1 Å². The summed E-state index contributed by atoms with van der Waals surface area (Å²) < 4.78 is 9.82. The number of thiazole rings is 1. The molecule has 3 aromatic carbocycles. The van der Waals surface area contributed by atoms with Gasteiger partial charge in [-0.2, -0.15) is 0 Å². The Bertz CT molecular complexity index is 2050. The Morgan fingerprint density at radius 1 is 1.07 bits per heavy atom. The molecule has 6 rings (SSSR count). The quantitative estimate of drug-likeness (QED) is 0.196. The summed E-state index contributed by atoms with van der Waals surface area (Å²) in [5.41, 5.74) is 5.92. The molecule has 8 heteroatoms. The van der Waals surface area contributed by atoms with Gasteiger partial charge in [0.05, 0.1) is 28.5 Å². The predicted octanol–water partition coefficient (Wildman–Crippen LogP) is 6.58. The van der Waals surface area contributed by atoms with E-state index in [0.717, 1.165) is 27.6 Å². The number of aromatic nitrogens is 2. The minimum absolute atomic E-state index is 0.189. The van der Waals surface area contributed by atoms with Gasteiger partial charge in [0.2, 0.25) is 0 Å². The van der Waals surface area contributed by atoms with E-state index >= 15 is 0 Å². The average molecular weight is 610 g/mol. The van der Waals surface area contributed by atoms with Crippen LogP contribution in [0.2, 0.25) is 5.02 Å². The fourth-order valence-electron chi connectivity index (χ4n) is 5.62. The molecular weight excluding hydrogens is 578 g/mol. The van der Waals surface area contributed by atoms with Crippen LogP contribution in [0.15, 0.2) is 100 Å². The molecule has 218 valence electrons. The molecular formula is C35H32ClN3O3S. The molecule has 3 heterocycles.